The Morgan fingerprint density at radius 2 is 1.93 bits per heavy atom. The van der Waals surface area contributed by atoms with Gasteiger partial charge < -0.3 is 10.4 Å². The van der Waals surface area contributed by atoms with Gasteiger partial charge in [-0.05, 0) is 35.9 Å². The Bertz CT molecular complexity index is 983. The molecule has 3 rings (SSSR count). The second-order valence-electron chi connectivity index (χ2n) is 5.44. The number of aliphatic hydroxyl groups is 1. The van der Waals surface area contributed by atoms with E-state index in [0.29, 0.717) is 16.8 Å². The van der Waals surface area contributed by atoms with Crippen LogP contribution in [-0.4, -0.2) is 26.2 Å². The van der Waals surface area contributed by atoms with E-state index < -0.39 is 22.6 Å². The summed E-state index contributed by atoms with van der Waals surface area (Å²) in [7, 11) is 0. The van der Waals surface area contributed by atoms with Crippen molar-refractivity contribution in [1.29, 1.82) is 0 Å². The van der Waals surface area contributed by atoms with E-state index in [-0.39, 0.29) is 18.0 Å². The Morgan fingerprint density at radius 1 is 1.26 bits per heavy atom. The van der Waals surface area contributed by atoms with Crippen LogP contribution in [0.4, 0.5) is 14.6 Å². The Morgan fingerprint density at radius 3 is 2.56 bits per heavy atom. The molecule has 0 fully saturated rings. The molecule has 0 aliphatic carbocycles. The van der Waals surface area contributed by atoms with Gasteiger partial charge in [0, 0.05) is 29.6 Å². The number of pyridine rings is 1. The molecule has 138 valence electrons. The van der Waals surface area contributed by atoms with Gasteiger partial charge in [0.25, 0.3) is 0 Å². The normalized spacial score (nSPS) is 11.1. The monoisotopic (exact) mass is 390 g/mol. The maximum atomic E-state index is 13.4. The fourth-order valence-corrected chi connectivity index (χ4v) is 2.49. The SMILES string of the molecule is O=C(C=Cc1cc(F)c(Cl)c(F)c1)Nc1[nH]nc(-c2ccncc2)c1CO. The summed E-state index contributed by atoms with van der Waals surface area (Å²) in [6.07, 6.45) is 5.49. The Hall–Kier alpha value is -3.10. The molecule has 27 heavy (non-hydrogen) atoms. The van der Waals surface area contributed by atoms with Crippen molar-refractivity contribution >= 4 is 29.4 Å². The first-order valence-corrected chi connectivity index (χ1v) is 8.09. The van der Waals surface area contributed by atoms with Gasteiger partial charge in [-0.2, -0.15) is 5.10 Å². The standard InChI is InChI=1S/C18H13ClF2N4O2/c19-16-13(20)7-10(8-14(16)21)1-2-15(27)23-18-12(9-26)17(24-25-18)11-3-5-22-6-4-11/h1-8,26H,9H2,(H2,23,24,25,27). The highest BCUT2D eigenvalue weighted by molar-refractivity contribution is 6.30. The number of benzene rings is 1. The summed E-state index contributed by atoms with van der Waals surface area (Å²) in [5.74, 6) is -2.21. The van der Waals surface area contributed by atoms with E-state index in [1.165, 1.54) is 6.08 Å². The van der Waals surface area contributed by atoms with E-state index in [0.717, 1.165) is 18.2 Å². The molecule has 3 N–H and O–H groups in total. The number of nitrogens with zero attached hydrogens (tertiary/aromatic N) is 2. The van der Waals surface area contributed by atoms with E-state index in [1.807, 2.05) is 0 Å². The number of aromatic nitrogens is 3. The van der Waals surface area contributed by atoms with Crippen LogP contribution in [0, 0.1) is 11.6 Å². The number of carbonyl (C=O) groups is 1. The zero-order valence-corrected chi connectivity index (χ0v) is 14.5. The van der Waals surface area contributed by atoms with E-state index in [4.69, 9.17) is 11.6 Å². The van der Waals surface area contributed by atoms with Gasteiger partial charge in [-0.25, -0.2) is 8.78 Å². The predicted molar refractivity (Wildman–Crippen MR) is 96.8 cm³/mol. The number of hydrogen-bond donors (Lipinski definition) is 3. The first kappa shape index (κ1) is 18.7. The minimum absolute atomic E-state index is 0.133. The minimum Gasteiger partial charge on any atom is -0.391 e. The third-order valence-corrected chi connectivity index (χ3v) is 4.02. The van der Waals surface area contributed by atoms with E-state index in [1.54, 1.807) is 24.5 Å². The lowest BCUT2D eigenvalue weighted by atomic mass is 10.1. The second-order valence-corrected chi connectivity index (χ2v) is 5.82. The zero-order valence-electron chi connectivity index (χ0n) is 13.7. The van der Waals surface area contributed by atoms with Crippen molar-refractivity contribution in [2.45, 2.75) is 6.61 Å². The Balaban J connectivity index is 1.78. The van der Waals surface area contributed by atoms with E-state index >= 15 is 0 Å². The van der Waals surface area contributed by atoms with Crippen molar-refractivity contribution in [3.05, 3.63) is 70.5 Å². The molecular weight excluding hydrogens is 378 g/mol. The maximum Gasteiger partial charge on any atom is 0.249 e. The average Bonchev–Trinajstić information content (AvgIpc) is 3.07. The highest BCUT2D eigenvalue weighted by Crippen LogP contribution is 2.26. The molecule has 0 atom stereocenters. The fourth-order valence-electron chi connectivity index (χ4n) is 2.38. The van der Waals surface area contributed by atoms with Gasteiger partial charge in [-0.15, -0.1) is 0 Å². The van der Waals surface area contributed by atoms with Crippen molar-refractivity contribution in [2.75, 3.05) is 5.32 Å². The van der Waals surface area contributed by atoms with Crippen LogP contribution in [0.15, 0.2) is 42.7 Å². The van der Waals surface area contributed by atoms with Gasteiger partial charge in [0.15, 0.2) is 0 Å². The van der Waals surface area contributed by atoms with Gasteiger partial charge in [0.2, 0.25) is 5.91 Å². The van der Waals surface area contributed by atoms with Crippen LogP contribution in [0.1, 0.15) is 11.1 Å². The quantitative estimate of drug-likeness (QED) is 0.459. The zero-order chi connectivity index (χ0) is 19.4. The third-order valence-electron chi connectivity index (χ3n) is 3.66. The summed E-state index contributed by atoms with van der Waals surface area (Å²) in [6, 6.07) is 5.44. The number of anilines is 1. The molecule has 9 heteroatoms. The van der Waals surface area contributed by atoms with Crippen molar-refractivity contribution < 1.29 is 18.7 Å². The van der Waals surface area contributed by atoms with Gasteiger partial charge in [0.1, 0.15) is 22.5 Å². The molecule has 1 aromatic carbocycles. The lowest BCUT2D eigenvalue weighted by Crippen LogP contribution is -2.10. The minimum atomic E-state index is -0.921. The van der Waals surface area contributed by atoms with Gasteiger partial charge >= 0.3 is 0 Å². The highest BCUT2D eigenvalue weighted by atomic mass is 35.5. The molecule has 2 heterocycles. The molecule has 0 aliphatic heterocycles. The van der Waals surface area contributed by atoms with E-state index in [2.05, 4.69) is 20.5 Å². The Kier molecular flexibility index (Phi) is 5.58. The van der Waals surface area contributed by atoms with Crippen LogP contribution < -0.4 is 5.32 Å². The molecule has 6 nitrogen and oxygen atoms in total. The Labute approximate surface area is 157 Å². The van der Waals surface area contributed by atoms with E-state index in [9.17, 15) is 18.7 Å². The maximum absolute atomic E-state index is 13.4. The lowest BCUT2D eigenvalue weighted by Gasteiger charge is -2.03. The van der Waals surface area contributed by atoms with Crippen LogP contribution in [0.3, 0.4) is 0 Å². The average molecular weight is 391 g/mol. The molecule has 0 aliphatic rings. The molecule has 0 saturated heterocycles. The van der Waals surface area contributed by atoms with Crippen LogP contribution >= 0.6 is 11.6 Å². The largest absolute Gasteiger partial charge is 0.391 e. The van der Waals surface area contributed by atoms with Crippen molar-refractivity contribution in [2.24, 2.45) is 0 Å². The molecule has 1 amide bonds. The van der Waals surface area contributed by atoms with Gasteiger partial charge in [-0.1, -0.05) is 11.6 Å². The molecule has 0 radical (unpaired) electrons. The van der Waals surface area contributed by atoms with Crippen LogP contribution in [0.2, 0.25) is 5.02 Å². The number of hydrogen-bond acceptors (Lipinski definition) is 4. The molecule has 0 unspecified atom stereocenters. The second kappa shape index (κ2) is 8.07. The summed E-state index contributed by atoms with van der Waals surface area (Å²) in [6.45, 7) is -0.360. The molecule has 2 aromatic heterocycles. The van der Waals surface area contributed by atoms with Crippen LogP contribution in [0.25, 0.3) is 17.3 Å². The fraction of sp³-hybridized carbons (Fsp3) is 0.0556. The summed E-state index contributed by atoms with van der Waals surface area (Å²) in [5, 5.41) is 18.3. The lowest BCUT2D eigenvalue weighted by molar-refractivity contribution is -0.111. The van der Waals surface area contributed by atoms with Gasteiger partial charge in [-0.3, -0.25) is 14.9 Å². The first-order valence-electron chi connectivity index (χ1n) is 7.71. The smallest absolute Gasteiger partial charge is 0.249 e. The third kappa shape index (κ3) is 4.18. The number of amides is 1. The number of rotatable bonds is 5. The first-order chi connectivity index (χ1) is 13.0. The number of carbonyl (C=O) groups excluding carboxylic acids is 1. The summed E-state index contributed by atoms with van der Waals surface area (Å²) < 4.78 is 26.8. The predicted octanol–water partition coefficient (Wildman–Crippen LogP) is 3.55. The summed E-state index contributed by atoms with van der Waals surface area (Å²) >= 11 is 5.41. The summed E-state index contributed by atoms with van der Waals surface area (Å²) in [4.78, 5) is 16.0. The number of aliphatic hydroxyl groups excluding tert-OH is 1. The molecule has 0 saturated carbocycles. The summed E-state index contributed by atoms with van der Waals surface area (Å²) in [5.41, 5.74) is 1.72. The van der Waals surface area contributed by atoms with Crippen LogP contribution in [0.5, 0.6) is 0 Å². The van der Waals surface area contributed by atoms with Crippen molar-refractivity contribution in [3.8, 4) is 11.3 Å². The number of nitrogens with one attached hydrogen (secondary N) is 2. The molecule has 0 spiro atoms. The molecule has 3 aromatic rings. The van der Waals surface area contributed by atoms with Crippen LogP contribution in [-0.2, 0) is 11.4 Å². The molecule has 0 bridgehead atoms. The topological polar surface area (TPSA) is 90.9 Å². The van der Waals surface area contributed by atoms with Crippen molar-refractivity contribution in [1.82, 2.24) is 15.2 Å². The number of H-pyrrole nitrogens is 1. The number of halogens is 3. The van der Waals surface area contributed by atoms with Crippen molar-refractivity contribution in [3.63, 3.8) is 0 Å². The number of aromatic amines is 1. The molecular formula is C18H13ClF2N4O2. The van der Waals surface area contributed by atoms with Gasteiger partial charge in [0.05, 0.1) is 12.3 Å². The highest BCUT2D eigenvalue weighted by Gasteiger charge is 2.15.